The molecule has 0 radical (unpaired) electrons. The SMILES string of the molecule is O=[N+]([O-])c1cc(Br)ncc1CBr. The summed E-state index contributed by atoms with van der Waals surface area (Å²) in [6.45, 7) is 0. The summed E-state index contributed by atoms with van der Waals surface area (Å²) in [5, 5.41) is 10.9. The lowest BCUT2D eigenvalue weighted by Crippen LogP contribution is -1.94. The van der Waals surface area contributed by atoms with Crippen molar-refractivity contribution in [3.05, 3.63) is 32.5 Å². The van der Waals surface area contributed by atoms with Crippen LogP contribution in [0.15, 0.2) is 16.9 Å². The Morgan fingerprint density at radius 3 is 2.83 bits per heavy atom. The van der Waals surface area contributed by atoms with Gasteiger partial charge in [0.1, 0.15) is 4.60 Å². The average molecular weight is 296 g/mol. The molecule has 0 saturated heterocycles. The van der Waals surface area contributed by atoms with Gasteiger partial charge in [0.2, 0.25) is 0 Å². The van der Waals surface area contributed by atoms with Crippen LogP contribution in [0.2, 0.25) is 0 Å². The van der Waals surface area contributed by atoms with Crippen molar-refractivity contribution >= 4 is 37.5 Å². The summed E-state index contributed by atoms with van der Waals surface area (Å²) >= 11 is 6.20. The number of aromatic nitrogens is 1. The Morgan fingerprint density at radius 2 is 2.33 bits per heavy atom. The Balaban J connectivity index is 3.21. The van der Waals surface area contributed by atoms with E-state index in [1.807, 2.05) is 0 Å². The lowest BCUT2D eigenvalue weighted by molar-refractivity contribution is -0.385. The summed E-state index contributed by atoms with van der Waals surface area (Å²) in [6, 6.07) is 1.39. The molecular weight excluding hydrogens is 292 g/mol. The molecule has 0 aliphatic rings. The average Bonchev–Trinajstić information content (AvgIpc) is 2.04. The molecule has 4 nitrogen and oxygen atoms in total. The van der Waals surface area contributed by atoms with Gasteiger partial charge in [-0.25, -0.2) is 4.98 Å². The van der Waals surface area contributed by atoms with E-state index in [4.69, 9.17) is 0 Å². The van der Waals surface area contributed by atoms with Gasteiger partial charge < -0.3 is 0 Å². The van der Waals surface area contributed by atoms with Crippen LogP contribution in [0, 0.1) is 10.1 Å². The predicted molar refractivity (Wildman–Crippen MR) is 51.2 cm³/mol. The molecular formula is C6H4Br2N2O2. The van der Waals surface area contributed by atoms with E-state index in [2.05, 4.69) is 36.8 Å². The van der Waals surface area contributed by atoms with Gasteiger partial charge in [-0.15, -0.1) is 0 Å². The number of hydrogen-bond acceptors (Lipinski definition) is 3. The Morgan fingerprint density at radius 1 is 1.67 bits per heavy atom. The zero-order valence-corrected chi connectivity index (χ0v) is 9.00. The molecule has 0 fully saturated rings. The third kappa shape index (κ3) is 2.01. The molecule has 6 heteroatoms. The first-order valence-corrected chi connectivity index (χ1v) is 4.91. The molecule has 0 atom stereocenters. The highest BCUT2D eigenvalue weighted by atomic mass is 79.9. The van der Waals surface area contributed by atoms with E-state index in [0.29, 0.717) is 15.5 Å². The van der Waals surface area contributed by atoms with Crippen LogP contribution in [0.1, 0.15) is 5.56 Å². The van der Waals surface area contributed by atoms with Crippen molar-refractivity contribution in [3.8, 4) is 0 Å². The van der Waals surface area contributed by atoms with Gasteiger partial charge in [0, 0.05) is 17.6 Å². The van der Waals surface area contributed by atoms with Gasteiger partial charge in [-0.05, 0) is 15.9 Å². The molecule has 0 aliphatic heterocycles. The Hall–Kier alpha value is -0.490. The van der Waals surface area contributed by atoms with E-state index in [0.717, 1.165) is 0 Å². The van der Waals surface area contributed by atoms with Gasteiger partial charge in [-0.3, -0.25) is 10.1 Å². The smallest absolute Gasteiger partial charge is 0.258 e. The fourth-order valence-corrected chi connectivity index (χ4v) is 1.47. The fraction of sp³-hybridized carbons (Fsp3) is 0.167. The van der Waals surface area contributed by atoms with Crippen LogP contribution in [0.5, 0.6) is 0 Å². The second kappa shape index (κ2) is 3.95. The van der Waals surface area contributed by atoms with Crippen molar-refractivity contribution in [1.82, 2.24) is 4.98 Å². The number of alkyl halides is 1. The van der Waals surface area contributed by atoms with Crippen LogP contribution < -0.4 is 0 Å². The monoisotopic (exact) mass is 294 g/mol. The molecule has 1 rings (SSSR count). The molecule has 12 heavy (non-hydrogen) atoms. The second-order valence-electron chi connectivity index (χ2n) is 2.03. The lowest BCUT2D eigenvalue weighted by Gasteiger charge is -1.97. The number of halogens is 2. The van der Waals surface area contributed by atoms with Crippen LogP contribution in [0.3, 0.4) is 0 Å². The van der Waals surface area contributed by atoms with Crippen LogP contribution in [0.4, 0.5) is 5.69 Å². The number of pyridine rings is 1. The molecule has 0 aromatic carbocycles. The molecule has 0 spiro atoms. The van der Waals surface area contributed by atoms with Gasteiger partial charge in [0.25, 0.3) is 5.69 Å². The first kappa shape index (κ1) is 9.60. The third-order valence-electron chi connectivity index (χ3n) is 1.27. The first-order valence-electron chi connectivity index (χ1n) is 3.00. The zero-order valence-electron chi connectivity index (χ0n) is 5.83. The van der Waals surface area contributed by atoms with E-state index >= 15 is 0 Å². The van der Waals surface area contributed by atoms with Crippen LogP contribution in [-0.4, -0.2) is 9.91 Å². The Kier molecular flexibility index (Phi) is 3.16. The maximum absolute atomic E-state index is 10.5. The second-order valence-corrected chi connectivity index (χ2v) is 3.40. The molecule has 1 aromatic rings. The van der Waals surface area contributed by atoms with E-state index in [9.17, 15) is 10.1 Å². The summed E-state index contributed by atoms with van der Waals surface area (Å²) in [4.78, 5) is 13.9. The van der Waals surface area contributed by atoms with Crippen LogP contribution >= 0.6 is 31.9 Å². The van der Waals surface area contributed by atoms with Gasteiger partial charge >= 0.3 is 0 Å². The highest BCUT2D eigenvalue weighted by Crippen LogP contribution is 2.22. The largest absolute Gasteiger partial charge is 0.277 e. The van der Waals surface area contributed by atoms with Crippen molar-refractivity contribution in [2.45, 2.75) is 5.33 Å². The molecule has 1 heterocycles. The van der Waals surface area contributed by atoms with E-state index in [1.165, 1.54) is 12.3 Å². The minimum Gasteiger partial charge on any atom is -0.258 e. The van der Waals surface area contributed by atoms with Crippen molar-refractivity contribution in [2.75, 3.05) is 0 Å². The normalized spacial score (nSPS) is 9.83. The molecule has 0 N–H and O–H groups in total. The maximum atomic E-state index is 10.5. The molecule has 0 aliphatic carbocycles. The molecule has 64 valence electrons. The highest BCUT2D eigenvalue weighted by Gasteiger charge is 2.13. The van der Waals surface area contributed by atoms with Crippen LogP contribution in [-0.2, 0) is 5.33 Å². The topological polar surface area (TPSA) is 56.0 Å². The van der Waals surface area contributed by atoms with Gasteiger partial charge in [-0.2, -0.15) is 0 Å². The number of rotatable bonds is 2. The number of nitro groups is 1. The van der Waals surface area contributed by atoms with Gasteiger partial charge in [0.05, 0.1) is 10.5 Å². The summed E-state index contributed by atoms with van der Waals surface area (Å²) in [7, 11) is 0. The summed E-state index contributed by atoms with van der Waals surface area (Å²) < 4.78 is 0.471. The minimum absolute atomic E-state index is 0.0775. The quantitative estimate of drug-likeness (QED) is 0.365. The summed E-state index contributed by atoms with van der Waals surface area (Å²) in [6.07, 6.45) is 1.47. The van der Waals surface area contributed by atoms with Crippen molar-refractivity contribution < 1.29 is 4.92 Å². The molecule has 0 bridgehead atoms. The van der Waals surface area contributed by atoms with E-state index in [-0.39, 0.29) is 5.69 Å². The van der Waals surface area contributed by atoms with Crippen LogP contribution in [0.25, 0.3) is 0 Å². The summed E-state index contributed by atoms with van der Waals surface area (Å²) in [5.41, 5.74) is 0.650. The lowest BCUT2D eigenvalue weighted by atomic mass is 10.3. The first-order chi connectivity index (χ1) is 5.65. The predicted octanol–water partition coefficient (Wildman–Crippen LogP) is 2.65. The fourth-order valence-electron chi connectivity index (χ4n) is 0.721. The van der Waals surface area contributed by atoms with E-state index < -0.39 is 4.92 Å². The Bertz CT molecular complexity index is 316. The van der Waals surface area contributed by atoms with E-state index in [1.54, 1.807) is 0 Å². The van der Waals surface area contributed by atoms with Crippen molar-refractivity contribution in [2.24, 2.45) is 0 Å². The molecule has 1 aromatic heterocycles. The maximum Gasteiger partial charge on any atom is 0.277 e. The third-order valence-corrected chi connectivity index (χ3v) is 2.31. The summed E-state index contributed by atoms with van der Waals surface area (Å²) in [5.74, 6) is 0. The van der Waals surface area contributed by atoms with Crippen molar-refractivity contribution in [3.63, 3.8) is 0 Å². The number of nitrogens with zero attached hydrogens (tertiary/aromatic N) is 2. The number of hydrogen-bond donors (Lipinski definition) is 0. The molecule has 0 amide bonds. The minimum atomic E-state index is -0.428. The van der Waals surface area contributed by atoms with Gasteiger partial charge in [0.15, 0.2) is 0 Å². The Labute approximate surface area is 85.4 Å². The highest BCUT2D eigenvalue weighted by molar-refractivity contribution is 9.10. The molecule has 0 saturated carbocycles. The van der Waals surface area contributed by atoms with Gasteiger partial charge in [-0.1, -0.05) is 15.9 Å². The molecule has 0 unspecified atom stereocenters. The standard InChI is InChI=1S/C6H4Br2N2O2/c7-2-4-3-9-6(8)1-5(4)10(11)12/h1,3H,2H2. The zero-order chi connectivity index (χ0) is 9.14. The van der Waals surface area contributed by atoms with Crippen molar-refractivity contribution in [1.29, 1.82) is 0 Å².